The van der Waals surface area contributed by atoms with Crippen LogP contribution in [0.1, 0.15) is 239 Å². The summed E-state index contributed by atoms with van der Waals surface area (Å²) in [6.45, 7) is 4.40. The van der Waals surface area contributed by atoms with Crippen LogP contribution in [0, 0.1) is 0 Å². The highest BCUT2D eigenvalue weighted by molar-refractivity contribution is 7.47. The van der Waals surface area contributed by atoms with Crippen molar-refractivity contribution in [3.63, 3.8) is 0 Å². The Bertz CT molecular complexity index is 1530. The molecule has 0 aliphatic rings. The van der Waals surface area contributed by atoms with E-state index in [1.807, 2.05) is 12.2 Å². The lowest BCUT2D eigenvalue weighted by Crippen LogP contribution is -2.30. The Kier molecular flexibility index (Phi) is 51.4. The van der Waals surface area contributed by atoms with Gasteiger partial charge in [0.05, 0.1) is 19.8 Å². The number of unbranched alkanes of at least 4 members (excludes halogenated alkanes) is 21. The lowest BCUT2D eigenvalue weighted by molar-refractivity contribution is -0.161. The number of hydrogen-bond donors (Lipinski definition) is 2. The molecule has 0 aromatic heterocycles. The van der Waals surface area contributed by atoms with Gasteiger partial charge in [-0.1, -0.05) is 228 Å². The maximum Gasteiger partial charge on any atom is 0.472 e. The van der Waals surface area contributed by atoms with E-state index in [4.69, 9.17) is 23.3 Å². The number of phosphoric ester groups is 1. The predicted molar refractivity (Wildman–Crippen MR) is 298 cm³/mol. The number of carbonyl (C=O) groups excluding carboxylic acids is 3. The molecule has 0 spiro atoms. The third-order valence-corrected chi connectivity index (χ3v) is 12.8. The lowest BCUT2D eigenvalue weighted by atomic mass is 10.0. The van der Waals surface area contributed by atoms with Gasteiger partial charge >= 0.3 is 25.7 Å². The third kappa shape index (κ3) is 51.6. The summed E-state index contributed by atoms with van der Waals surface area (Å²) >= 11 is 0. The third-order valence-electron chi connectivity index (χ3n) is 11.8. The Morgan fingerprint density at radius 2 is 0.764 bits per heavy atom. The summed E-state index contributed by atoms with van der Waals surface area (Å²) in [4.78, 5) is 48.4. The molecular weight excluding hydrogens is 928 g/mol. The van der Waals surface area contributed by atoms with Gasteiger partial charge in [0.2, 0.25) is 0 Å². The first kappa shape index (κ1) is 68.7. The Hall–Kier alpha value is -3.34. The maximum absolute atomic E-state index is 12.9. The van der Waals surface area contributed by atoms with Crippen LogP contribution in [0.4, 0.5) is 0 Å². The van der Waals surface area contributed by atoms with E-state index >= 15 is 0 Å². The van der Waals surface area contributed by atoms with Crippen molar-refractivity contribution >= 4 is 25.7 Å². The van der Waals surface area contributed by atoms with Gasteiger partial charge in [-0.05, 0) is 77.0 Å². The van der Waals surface area contributed by atoms with E-state index in [1.54, 1.807) is 0 Å². The van der Waals surface area contributed by atoms with Crippen LogP contribution in [0.3, 0.4) is 0 Å². The summed E-state index contributed by atoms with van der Waals surface area (Å²) in [7, 11) is -4.77. The smallest absolute Gasteiger partial charge is 0.462 e. The Morgan fingerprint density at radius 1 is 0.403 bits per heavy atom. The molecule has 0 aromatic carbocycles. The van der Waals surface area contributed by atoms with Crippen molar-refractivity contribution in [1.29, 1.82) is 0 Å². The quantitative estimate of drug-likeness (QED) is 0.0197. The number of hydrogen-bond acceptors (Lipinski definition) is 10. The van der Waals surface area contributed by atoms with Gasteiger partial charge < -0.3 is 24.2 Å². The van der Waals surface area contributed by atoms with Gasteiger partial charge in [-0.25, -0.2) is 4.57 Å². The van der Waals surface area contributed by atoms with Crippen molar-refractivity contribution in [3.8, 4) is 0 Å². The summed E-state index contributed by atoms with van der Waals surface area (Å²) in [5.41, 5.74) is 0. The monoisotopic (exact) mass is 1030 g/mol. The lowest BCUT2D eigenvalue weighted by Gasteiger charge is -2.21. The molecule has 0 fully saturated rings. The minimum absolute atomic E-state index is 0.0391. The number of carbonyl (C=O) groups is 3. The average molecular weight is 1030 g/mol. The molecule has 12 heteroatoms. The number of allylic oxidation sites excluding steroid dienone is 14. The van der Waals surface area contributed by atoms with Crippen LogP contribution >= 0.6 is 7.82 Å². The number of esters is 3. The van der Waals surface area contributed by atoms with Crippen molar-refractivity contribution in [2.45, 2.75) is 251 Å². The van der Waals surface area contributed by atoms with Gasteiger partial charge in [0.25, 0.3) is 0 Å². The number of ether oxygens (including phenoxy) is 3. The summed E-state index contributed by atoms with van der Waals surface area (Å²) in [5.74, 6) is -1.58. The molecule has 0 aliphatic heterocycles. The van der Waals surface area contributed by atoms with Crippen LogP contribution in [-0.2, 0) is 42.2 Å². The molecule has 0 saturated heterocycles. The molecule has 0 amide bonds. The number of phosphoric acid groups is 1. The minimum Gasteiger partial charge on any atom is -0.462 e. The second-order valence-electron chi connectivity index (χ2n) is 18.7. The standard InChI is InChI=1S/C60H103O11P/c1-4-7-10-13-16-19-22-24-26-27-28-29-31-33-36-39-42-45-48-51-60(64)71-57(53-67-58(62)49-46-43-40-37-34-21-18-15-12-9-6-3)55-69-72(65,66)68-54-56(52-61)70-59(63)50-47-44-41-38-35-32-30-25-23-20-17-14-11-8-5-2/h7,10,15-16,18-19,24,26,28-29,33,36,42,45,56-57,61H,4-6,8-9,11-14,17,20-23,25,27,30-32,34-35,37-41,43-44,46-55H2,1-3H3,(H,65,66)/b10-7-,18-15-,19-16-,26-24-,29-28-,36-33-,45-42-. The van der Waals surface area contributed by atoms with Crippen LogP contribution in [-0.4, -0.2) is 66.5 Å². The van der Waals surface area contributed by atoms with Gasteiger partial charge in [-0.15, -0.1) is 0 Å². The van der Waals surface area contributed by atoms with Gasteiger partial charge in [-0.3, -0.25) is 23.4 Å². The number of aliphatic hydroxyl groups excluding tert-OH is 1. The Labute approximate surface area is 439 Å². The number of aliphatic hydroxyl groups is 1. The van der Waals surface area contributed by atoms with Crippen molar-refractivity contribution < 1.29 is 52.2 Å². The maximum atomic E-state index is 12.9. The van der Waals surface area contributed by atoms with E-state index in [0.29, 0.717) is 25.7 Å². The van der Waals surface area contributed by atoms with Crippen LogP contribution in [0.2, 0.25) is 0 Å². The van der Waals surface area contributed by atoms with Crippen molar-refractivity contribution in [3.05, 3.63) is 85.1 Å². The largest absolute Gasteiger partial charge is 0.472 e. The predicted octanol–water partition coefficient (Wildman–Crippen LogP) is 16.7. The fraction of sp³-hybridized carbons (Fsp3) is 0.717. The van der Waals surface area contributed by atoms with Crippen LogP contribution in [0.25, 0.3) is 0 Å². The van der Waals surface area contributed by atoms with Crippen molar-refractivity contribution in [2.24, 2.45) is 0 Å². The van der Waals surface area contributed by atoms with Gasteiger partial charge in [-0.2, -0.15) is 0 Å². The first-order valence-corrected chi connectivity index (χ1v) is 30.0. The zero-order chi connectivity index (χ0) is 52.7. The molecule has 0 saturated carbocycles. The highest BCUT2D eigenvalue weighted by Gasteiger charge is 2.28. The fourth-order valence-electron chi connectivity index (χ4n) is 7.48. The Morgan fingerprint density at radius 3 is 1.24 bits per heavy atom. The average Bonchev–Trinajstić information content (AvgIpc) is 3.37. The molecule has 0 aromatic rings. The van der Waals surface area contributed by atoms with E-state index in [2.05, 4.69) is 93.7 Å². The minimum atomic E-state index is -4.77. The SMILES string of the molecule is CC/C=C\C/C=C\C/C=C\C/C=C\C/C=C\C/C=C\CCC(=O)OC(COC(=O)CCCCCCC/C=C\CCCC)COP(=O)(O)OCC(CO)OC(=O)CCCCCCCCCCCCCCCCC. The molecule has 0 radical (unpaired) electrons. The molecule has 3 unspecified atom stereocenters. The molecule has 0 aliphatic carbocycles. The molecule has 2 N–H and O–H groups in total. The highest BCUT2D eigenvalue weighted by Crippen LogP contribution is 2.43. The van der Waals surface area contributed by atoms with E-state index in [0.717, 1.165) is 89.9 Å². The van der Waals surface area contributed by atoms with Crippen molar-refractivity contribution in [1.82, 2.24) is 0 Å². The van der Waals surface area contributed by atoms with Crippen molar-refractivity contribution in [2.75, 3.05) is 26.4 Å². The molecule has 0 heterocycles. The Balaban J connectivity index is 4.80. The molecule has 72 heavy (non-hydrogen) atoms. The van der Waals surface area contributed by atoms with E-state index in [-0.39, 0.29) is 25.9 Å². The molecule has 11 nitrogen and oxygen atoms in total. The molecular formula is C60H103O11P. The second kappa shape index (κ2) is 53.9. The van der Waals surface area contributed by atoms with Crippen LogP contribution in [0.15, 0.2) is 85.1 Å². The fourth-order valence-corrected chi connectivity index (χ4v) is 8.26. The highest BCUT2D eigenvalue weighted by atomic mass is 31.2. The van der Waals surface area contributed by atoms with Crippen LogP contribution in [0.5, 0.6) is 0 Å². The summed E-state index contributed by atoms with van der Waals surface area (Å²) in [6, 6.07) is 0. The van der Waals surface area contributed by atoms with Gasteiger partial charge in [0, 0.05) is 19.3 Å². The molecule has 0 bridgehead atoms. The van der Waals surface area contributed by atoms with E-state index in [9.17, 15) is 28.9 Å². The first-order chi connectivity index (χ1) is 35.2. The molecule has 414 valence electrons. The molecule has 3 atom stereocenters. The zero-order valence-electron chi connectivity index (χ0n) is 45.6. The van der Waals surface area contributed by atoms with Gasteiger partial charge in [0.15, 0.2) is 6.10 Å². The summed E-state index contributed by atoms with van der Waals surface area (Å²) in [5, 5.41) is 9.81. The van der Waals surface area contributed by atoms with E-state index in [1.165, 1.54) is 83.5 Å². The number of rotatable bonds is 52. The zero-order valence-corrected chi connectivity index (χ0v) is 46.5. The first-order valence-electron chi connectivity index (χ1n) is 28.5. The second-order valence-corrected chi connectivity index (χ2v) is 20.2. The topological polar surface area (TPSA) is 155 Å². The molecule has 0 rings (SSSR count). The van der Waals surface area contributed by atoms with Crippen LogP contribution < -0.4 is 0 Å². The van der Waals surface area contributed by atoms with E-state index < -0.39 is 57.8 Å². The van der Waals surface area contributed by atoms with Gasteiger partial charge in [0.1, 0.15) is 12.7 Å². The normalized spacial score (nSPS) is 14.0. The summed E-state index contributed by atoms with van der Waals surface area (Å²) < 4.78 is 39.4. The summed E-state index contributed by atoms with van der Waals surface area (Å²) in [6.07, 6.45) is 61.3.